The van der Waals surface area contributed by atoms with Crippen molar-refractivity contribution in [3.63, 3.8) is 0 Å². The molecule has 4 amide bonds. The first-order chi connectivity index (χ1) is 13.0. The van der Waals surface area contributed by atoms with Crippen LogP contribution >= 0.6 is 0 Å². The van der Waals surface area contributed by atoms with E-state index in [-0.39, 0.29) is 24.8 Å². The van der Waals surface area contributed by atoms with E-state index in [2.05, 4.69) is 16.2 Å². The van der Waals surface area contributed by atoms with Crippen molar-refractivity contribution in [2.45, 2.75) is 45.1 Å². The number of benzene rings is 1. The van der Waals surface area contributed by atoms with Crippen LogP contribution in [-0.2, 0) is 19.2 Å². The summed E-state index contributed by atoms with van der Waals surface area (Å²) >= 11 is 0. The van der Waals surface area contributed by atoms with Gasteiger partial charge in [-0.25, -0.2) is 0 Å². The highest BCUT2D eigenvalue weighted by molar-refractivity contribution is 5.87. The Morgan fingerprint density at radius 3 is 2.44 bits per heavy atom. The lowest BCUT2D eigenvalue weighted by Crippen LogP contribution is -2.48. The molecule has 0 aromatic heterocycles. The van der Waals surface area contributed by atoms with Gasteiger partial charge in [-0.15, -0.1) is 0 Å². The molecule has 1 atom stereocenters. The molecule has 0 bridgehead atoms. The molecule has 1 aromatic rings. The first-order valence-electron chi connectivity index (χ1n) is 9.13. The molecule has 0 aliphatic carbocycles. The first-order valence-corrected chi connectivity index (χ1v) is 9.13. The zero-order chi connectivity index (χ0) is 19.6. The smallest absolute Gasteiger partial charge is 0.257 e. The fourth-order valence-electron chi connectivity index (χ4n) is 2.98. The molecule has 27 heavy (non-hydrogen) atoms. The Morgan fingerprint density at radius 2 is 1.74 bits per heavy atom. The lowest BCUT2D eigenvalue weighted by molar-refractivity contribution is -0.136. The van der Waals surface area contributed by atoms with E-state index in [1.165, 1.54) is 11.8 Å². The second-order valence-electron chi connectivity index (χ2n) is 6.59. The van der Waals surface area contributed by atoms with Crippen LogP contribution in [0, 0.1) is 0 Å². The van der Waals surface area contributed by atoms with Crippen molar-refractivity contribution in [1.29, 1.82) is 0 Å². The number of amides is 4. The third-order valence-electron chi connectivity index (χ3n) is 4.32. The lowest BCUT2D eigenvalue weighted by Gasteiger charge is -2.21. The van der Waals surface area contributed by atoms with Gasteiger partial charge in [0.25, 0.3) is 5.91 Å². The zero-order valence-electron chi connectivity index (χ0n) is 15.5. The second-order valence-corrected chi connectivity index (χ2v) is 6.59. The van der Waals surface area contributed by atoms with Gasteiger partial charge in [-0.3, -0.25) is 30.0 Å². The van der Waals surface area contributed by atoms with Crippen LogP contribution in [0.15, 0.2) is 30.3 Å². The van der Waals surface area contributed by atoms with Crippen molar-refractivity contribution >= 4 is 23.6 Å². The van der Waals surface area contributed by atoms with Gasteiger partial charge in [0, 0.05) is 19.9 Å². The van der Waals surface area contributed by atoms with Crippen LogP contribution in [0.4, 0.5) is 0 Å². The van der Waals surface area contributed by atoms with Crippen molar-refractivity contribution in [2.75, 3.05) is 13.1 Å². The van der Waals surface area contributed by atoms with Crippen molar-refractivity contribution in [3.05, 3.63) is 35.9 Å². The SMILES string of the molecule is CC(=O)N[C@H](CC(=O)NNC(=O)CN1CCCCCC1=O)c1ccccc1. The van der Waals surface area contributed by atoms with Crippen LogP contribution in [-0.4, -0.2) is 41.6 Å². The molecule has 0 spiro atoms. The van der Waals surface area contributed by atoms with Crippen molar-refractivity contribution < 1.29 is 19.2 Å². The zero-order valence-corrected chi connectivity index (χ0v) is 15.5. The van der Waals surface area contributed by atoms with Gasteiger partial charge in [-0.05, 0) is 18.4 Å². The van der Waals surface area contributed by atoms with Gasteiger partial charge in [0.15, 0.2) is 0 Å². The predicted octanol–water partition coefficient (Wildman–Crippen LogP) is 0.804. The van der Waals surface area contributed by atoms with Crippen LogP contribution in [0.3, 0.4) is 0 Å². The fourth-order valence-corrected chi connectivity index (χ4v) is 2.98. The van der Waals surface area contributed by atoms with E-state index in [9.17, 15) is 19.2 Å². The summed E-state index contributed by atoms with van der Waals surface area (Å²) in [5.41, 5.74) is 5.48. The minimum atomic E-state index is -0.493. The molecular formula is C19H26N4O4. The molecule has 1 aliphatic rings. The van der Waals surface area contributed by atoms with Crippen molar-refractivity contribution in [2.24, 2.45) is 0 Å². The Hall–Kier alpha value is -2.90. The maximum atomic E-state index is 12.2. The van der Waals surface area contributed by atoms with E-state index in [4.69, 9.17) is 0 Å². The number of likely N-dealkylation sites (tertiary alicyclic amines) is 1. The highest BCUT2D eigenvalue weighted by atomic mass is 16.2. The quantitative estimate of drug-likeness (QED) is 0.640. The van der Waals surface area contributed by atoms with E-state index in [0.717, 1.165) is 24.8 Å². The minimum absolute atomic E-state index is 0.0213. The van der Waals surface area contributed by atoms with Crippen LogP contribution in [0.2, 0.25) is 0 Å². The van der Waals surface area contributed by atoms with Gasteiger partial charge in [-0.2, -0.15) is 0 Å². The Bertz CT molecular complexity index is 678. The number of hydrazine groups is 1. The van der Waals surface area contributed by atoms with Gasteiger partial charge in [0.2, 0.25) is 17.7 Å². The van der Waals surface area contributed by atoms with Crippen LogP contribution in [0.1, 0.15) is 50.6 Å². The van der Waals surface area contributed by atoms with Gasteiger partial charge in [0.05, 0.1) is 12.5 Å². The maximum absolute atomic E-state index is 12.2. The molecule has 1 aliphatic heterocycles. The average Bonchev–Trinajstić information content (AvgIpc) is 2.84. The van der Waals surface area contributed by atoms with E-state index in [1.54, 1.807) is 0 Å². The molecule has 1 saturated heterocycles. The molecule has 1 aromatic carbocycles. The topological polar surface area (TPSA) is 108 Å². The van der Waals surface area contributed by atoms with Crippen molar-refractivity contribution in [1.82, 2.24) is 21.1 Å². The summed E-state index contributed by atoms with van der Waals surface area (Å²) in [5, 5.41) is 2.73. The fraction of sp³-hybridized carbons (Fsp3) is 0.474. The summed E-state index contributed by atoms with van der Waals surface area (Å²) in [4.78, 5) is 49.0. The third kappa shape index (κ3) is 7.08. The molecule has 1 heterocycles. The molecule has 0 radical (unpaired) electrons. The van der Waals surface area contributed by atoms with Crippen LogP contribution in [0.25, 0.3) is 0 Å². The highest BCUT2D eigenvalue weighted by Gasteiger charge is 2.20. The minimum Gasteiger partial charge on any atom is -0.349 e. The number of carbonyl (C=O) groups is 4. The van der Waals surface area contributed by atoms with Crippen molar-refractivity contribution in [3.8, 4) is 0 Å². The van der Waals surface area contributed by atoms with Gasteiger partial charge in [0.1, 0.15) is 6.54 Å². The first kappa shape index (κ1) is 20.4. The highest BCUT2D eigenvalue weighted by Crippen LogP contribution is 2.16. The van der Waals surface area contributed by atoms with Gasteiger partial charge < -0.3 is 10.2 Å². The van der Waals surface area contributed by atoms with Gasteiger partial charge in [-0.1, -0.05) is 36.8 Å². The summed E-state index contributed by atoms with van der Waals surface area (Å²) in [6, 6.07) is 8.63. The van der Waals surface area contributed by atoms with Crippen LogP contribution in [0.5, 0.6) is 0 Å². The normalized spacial score (nSPS) is 15.4. The number of nitrogens with one attached hydrogen (secondary N) is 3. The predicted molar refractivity (Wildman–Crippen MR) is 99.0 cm³/mol. The second kappa shape index (κ2) is 10.3. The Morgan fingerprint density at radius 1 is 1.04 bits per heavy atom. The number of rotatable bonds is 6. The maximum Gasteiger partial charge on any atom is 0.257 e. The van der Waals surface area contributed by atoms with E-state index < -0.39 is 17.9 Å². The summed E-state index contributed by atoms with van der Waals surface area (Å²) < 4.78 is 0. The number of nitrogens with zero attached hydrogens (tertiary/aromatic N) is 1. The molecule has 1 fully saturated rings. The molecule has 0 saturated carbocycles. The summed E-state index contributed by atoms with van der Waals surface area (Å²) in [6.07, 6.45) is 3.13. The summed E-state index contributed by atoms with van der Waals surface area (Å²) in [5.74, 6) is -1.17. The Labute approximate surface area is 158 Å². The summed E-state index contributed by atoms with van der Waals surface area (Å²) in [7, 11) is 0. The molecule has 2 rings (SSSR count). The monoisotopic (exact) mass is 374 g/mol. The van der Waals surface area contributed by atoms with E-state index in [1.807, 2.05) is 30.3 Å². The van der Waals surface area contributed by atoms with E-state index >= 15 is 0 Å². The lowest BCUT2D eigenvalue weighted by atomic mass is 10.0. The van der Waals surface area contributed by atoms with Gasteiger partial charge >= 0.3 is 0 Å². The molecule has 146 valence electrons. The molecule has 8 heteroatoms. The average molecular weight is 374 g/mol. The molecule has 8 nitrogen and oxygen atoms in total. The van der Waals surface area contributed by atoms with Crippen LogP contribution < -0.4 is 16.2 Å². The molecular weight excluding hydrogens is 348 g/mol. The number of carbonyl (C=O) groups excluding carboxylic acids is 4. The number of hydrogen-bond donors (Lipinski definition) is 3. The third-order valence-corrected chi connectivity index (χ3v) is 4.32. The molecule has 3 N–H and O–H groups in total. The Balaban J connectivity index is 1.83. The number of hydrogen-bond acceptors (Lipinski definition) is 4. The largest absolute Gasteiger partial charge is 0.349 e. The standard InChI is InChI=1S/C19H26N4O4/c1-14(24)20-16(15-8-4-2-5-9-15)12-17(25)21-22-18(26)13-23-11-7-3-6-10-19(23)27/h2,4-5,8-9,16H,3,6-7,10-13H2,1H3,(H,20,24)(H,21,25)(H,22,26)/t16-/m1/s1. The van der Waals surface area contributed by atoms with E-state index in [0.29, 0.717) is 13.0 Å². The molecule has 0 unspecified atom stereocenters. The Kier molecular flexibility index (Phi) is 7.79. The summed E-state index contributed by atoms with van der Waals surface area (Å²) in [6.45, 7) is 1.86.